The Hall–Kier alpha value is -3.18. The van der Waals surface area contributed by atoms with Crippen LogP contribution in [0.4, 0.5) is 11.4 Å². The van der Waals surface area contributed by atoms with Crippen molar-refractivity contribution in [1.82, 2.24) is 4.98 Å². The van der Waals surface area contributed by atoms with Crippen LogP contribution in [-0.4, -0.2) is 37.2 Å². The maximum atomic E-state index is 12.5. The molecule has 1 aliphatic heterocycles. The van der Waals surface area contributed by atoms with E-state index >= 15 is 0 Å². The van der Waals surface area contributed by atoms with Gasteiger partial charge < -0.3 is 15.0 Å². The third kappa shape index (κ3) is 3.99. The Morgan fingerprint density at radius 3 is 2.74 bits per heavy atom. The van der Waals surface area contributed by atoms with E-state index in [9.17, 15) is 4.79 Å². The highest BCUT2D eigenvalue weighted by molar-refractivity contribution is 6.04. The summed E-state index contributed by atoms with van der Waals surface area (Å²) in [5, 5.41) is 4.05. The summed E-state index contributed by atoms with van der Waals surface area (Å²) >= 11 is 0. The van der Waals surface area contributed by atoms with Gasteiger partial charge in [-0.15, -0.1) is 0 Å². The fourth-order valence-corrected chi connectivity index (χ4v) is 3.26. The highest BCUT2D eigenvalue weighted by atomic mass is 16.5. The summed E-state index contributed by atoms with van der Waals surface area (Å²) in [5.41, 5.74) is 3.64. The summed E-state index contributed by atoms with van der Waals surface area (Å²) in [7, 11) is 0. The van der Waals surface area contributed by atoms with Crippen LogP contribution in [0.25, 0.3) is 17.0 Å². The van der Waals surface area contributed by atoms with E-state index < -0.39 is 0 Å². The number of ether oxygens (including phenoxy) is 1. The van der Waals surface area contributed by atoms with Crippen LogP contribution >= 0.6 is 0 Å². The number of rotatable bonds is 4. The lowest BCUT2D eigenvalue weighted by atomic mass is 10.1. The largest absolute Gasteiger partial charge is 0.378 e. The number of morpholine rings is 1. The lowest BCUT2D eigenvalue weighted by Gasteiger charge is -2.30. The Kier molecular flexibility index (Phi) is 5.12. The molecule has 5 nitrogen and oxygen atoms in total. The van der Waals surface area contributed by atoms with Gasteiger partial charge in [-0.2, -0.15) is 0 Å². The average molecular weight is 359 g/mol. The van der Waals surface area contributed by atoms with Gasteiger partial charge in [-0.25, -0.2) is 0 Å². The van der Waals surface area contributed by atoms with Crippen molar-refractivity contribution in [2.75, 3.05) is 36.5 Å². The molecule has 0 aliphatic carbocycles. The molecule has 0 atom stereocenters. The number of carbonyl (C=O) groups excluding carboxylic acids is 1. The van der Waals surface area contributed by atoms with E-state index in [-0.39, 0.29) is 5.91 Å². The van der Waals surface area contributed by atoms with Gasteiger partial charge in [-0.3, -0.25) is 9.78 Å². The second-order valence-electron chi connectivity index (χ2n) is 6.36. The molecule has 2 aromatic carbocycles. The molecule has 0 bridgehead atoms. The number of fused-ring (bicyclic) bond motifs is 1. The topological polar surface area (TPSA) is 54.5 Å². The third-order valence-corrected chi connectivity index (χ3v) is 4.59. The molecule has 1 saturated heterocycles. The van der Waals surface area contributed by atoms with Gasteiger partial charge in [0.05, 0.1) is 30.1 Å². The lowest BCUT2D eigenvalue weighted by Crippen LogP contribution is -2.36. The van der Waals surface area contributed by atoms with Crippen LogP contribution in [0.3, 0.4) is 0 Å². The number of pyridine rings is 1. The SMILES string of the molecule is O=C(/C=C/c1cccc2cccnc12)Nc1ccccc1N1CCOCC1. The van der Waals surface area contributed by atoms with Crippen molar-refractivity contribution in [2.45, 2.75) is 0 Å². The molecule has 0 radical (unpaired) electrons. The molecule has 0 saturated carbocycles. The van der Waals surface area contributed by atoms with Crippen LogP contribution in [0.5, 0.6) is 0 Å². The molecular formula is C22H21N3O2. The van der Waals surface area contributed by atoms with E-state index in [1.54, 1.807) is 12.3 Å². The number of anilines is 2. The second-order valence-corrected chi connectivity index (χ2v) is 6.36. The van der Waals surface area contributed by atoms with Crippen molar-refractivity contribution in [3.05, 3.63) is 72.4 Å². The Balaban J connectivity index is 1.52. The Morgan fingerprint density at radius 2 is 1.85 bits per heavy atom. The van der Waals surface area contributed by atoms with E-state index in [4.69, 9.17) is 4.74 Å². The number of benzene rings is 2. The minimum atomic E-state index is -0.163. The minimum absolute atomic E-state index is 0.163. The van der Waals surface area contributed by atoms with Crippen LogP contribution in [0.1, 0.15) is 5.56 Å². The Labute approximate surface area is 158 Å². The predicted molar refractivity (Wildman–Crippen MR) is 109 cm³/mol. The molecule has 5 heteroatoms. The highest BCUT2D eigenvalue weighted by Crippen LogP contribution is 2.26. The second kappa shape index (κ2) is 8.01. The van der Waals surface area contributed by atoms with Crippen LogP contribution < -0.4 is 10.2 Å². The zero-order valence-electron chi connectivity index (χ0n) is 15.0. The number of amides is 1. The standard InChI is InChI=1S/C22H21N3O2/c26-21(11-10-18-6-3-5-17-7-4-12-23-22(17)18)24-19-8-1-2-9-20(19)25-13-15-27-16-14-25/h1-12H,13-16H2,(H,24,26)/b11-10+. The zero-order chi connectivity index (χ0) is 18.5. The molecule has 0 spiro atoms. The summed E-state index contributed by atoms with van der Waals surface area (Å²) in [6.45, 7) is 3.06. The van der Waals surface area contributed by atoms with Gasteiger partial charge in [0, 0.05) is 36.3 Å². The van der Waals surface area contributed by atoms with Gasteiger partial charge in [-0.05, 0) is 24.3 Å². The van der Waals surface area contributed by atoms with Crippen molar-refractivity contribution >= 4 is 34.3 Å². The first-order valence-electron chi connectivity index (χ1n) is 9.06. The van der Waals surface area contributed by atoms with Gasteiger partial charge in [0.2, 0.25) is 5.91 Å². The van der Waals surface area contributed by atoms with Gasteiger partial charge in [0.25, 0.3) is 0 Å². The molecule has 3 aromatic rings. The van der Waals surface area contributed by atoms with Crippen molar-refractivity contribution in [2.24, 2.45) is 0 Å². The van der Waals surface area contributed by atoms with Crippen LogP contribution in [0, 0.1) is 0 Å². The fourth-order valence-electron chi connectivity index (χ4n) is 3.26. The van der Waals surface area contributed by atoms with Crippen molar-refractivity contribution in [3.63, 3.8) is 0 Å². The number of nitrogens with one attached hydrogen (secondary N) is 1. The molecule has 1 aliphatic rings. The maximum absolute atomic E-state index is 12.5. The maximum Gasteiger partial charge on any atom is 0.248 e. The molecule has 0 unspecified atom stereocenters. The number of hydrogen-bond donors (Lipinski definition) is 1. The van der Waals surface area contributed by atoms with E-state index in [1.807, 2.05) is 60.7 Å². The zero-order valence-corrected chi connectivity index (χ0v) is 15.0. The number of hydrogen-bond acceptors (Lipinski definition) is 4. The first kappa shape index (κ1) is 17.2. The number of para-hydroxylation sites is 3. The van der Waals surface area contributed by atoms with E-state index in [0.29, 0.717) is 13.2 Å². The predicted octanol–water partition coefficient (Wildman–Crippen LogP) is 3.72. The van der Waals surface area contributed by atoms with Crippen LogP contribution in [0.2, 0.25) is 0 Å². The fraction of sp³-hybridized carbons (Fsp3) is 0.182. The molecule has 2 heterocycles. The number of carbonyl (C=O) groups is 1. The normalized spacial score (nSPS) is 14.6. The number of nitrogens with zero attached hydrogens (tertiary/aromatic N) is 2. The quantitative estimate of drug-likeness (QED) is 0.722. The Bertz CT molecular complexity index is 973. The summed E-state index contributed by atoms with van der Waals surface area (Å²) in [6.07, 6.45) is 5.12. The van der Waals surface area contributed by atoms with Crippen molar-refractivity contribution < 1.29 is 9.53 Å². The summed E-state index contributed by atoms with van der Waals surface area (Å²) in [5.74, 6) is -0.163. The van der Waals surface area contributed by atoms with Crippen LogP contribution in [-0.2, 0) is 9.53 Å². The van der Waals surface area contributed by atoms with Gasteiger partial charge in [0.1, 0.15) is 0 Å². The third-order valence-electron chi connectivity index (χ3n) is 4.59. The van der Waals surface area contributed by atoms with Gasteiger partial charge in [-0.1, -0.05) is 36.4 Å². The summed E-state index contributed by atoms with van der Waals surface area (Å²) in [6, 6.07) is 17.7. The smallest absolute Gasteiger partial charge is 0.248 e. The van der Waals surface area contributed by atoms with E-state index in [0.717, 1.165) is 40.9 Å². The molecule has 136 valence electrons. The van der Waals surface area contributed by atoms with E-state index in [1.165, 1.54) is 0 Å². The number of aromatic nitrogens is 1. The first-order chi connectivity index (χ1) is 13.3. The molecule has 4 rings (SSSR count). The molecular weight excluding hydrogens is 338 g/mol. The first-order valence-corrected chi connectivity index (χ1v) is 9.06. The molecule has 1 amide bonds. The average Bonchev–Trinajstić information content (AvgIpc) is 2.73. The van der Waals surface area contributed by atoms with E-state index in [2.05, 4.69) is 15.2 Å². The lowest BCUT2D eigenvalue weighted by molar-refractivity contribution is -0.111. The molecule has 1 N–H and O–H groups in total. The molecule has 1 aromatic heterocycles. The van der Waals surface area contributed by atoms with Crippen molar-refractivity contribution in [3.8, 4) is 0 Å². The van der Waals surface area contributed by atoms with Gasteiger partial charge in [0.15, 0.2) is 0 Å². The highest BCUT2D eigenvalue weighted by Gasteiger charge is 2.15. The minimum Gasteiger partial charge on any atom is -0.378 e. The summed E-state index contributed by atoms with van der Waals surface area (Å²) < 4.78 is 5.42. The monoisotopic (exact) mass is 359 g/mol. The Morgan fingerprint density at radius 1 is 1.04 bits per heavy atom. The van der Waals surface area contributed by atoms with Gasteiger partial charge >= 0.3 is 0 Å². The van der Waals surface area contributed by atoms with Crippen molar-refractivity contribution in [1.29, 1.82) is 0 Å². The summed E-state index contributed by atoms with van der Waals surface area (Å²) in [4.78, 5) is 19.1. The molecule has 1 fully saturated rings. The van der Waals surface area contributed by atoms with Crippen LogP contribution in [0.15, 0.2) is 66.9 Å². The molecule has 27 heavy (non-hydrogen) atoms.